The van der Waals surface area contributed by atoms with Crippen molar-refractivity contribution >= 4 is 23.8 Å². The molecule has 0 fully saturated rings. The van der Waals surface area contributed by atoms with Crippen LogP contribution in [0.2, 0.25) is 0 Å². The zero-order chi connectivity index (χ0) is 16.9. The molecule has 1 unspecified atom stereocenters. The molecule has 23 heavy (non-hydrogen) atoms. The normalized spacial score (nSPS) is 11.7. The number of carboxylic acid groups (broad SMARTS) is 1. The number of carbonyl (C=O) groups excluding carboxylic acids is 1. The fourth-order valence-corrected chi connectivity index (χ4v) is 2.51. The van der Waals surface area contributed by atoms with Gasteiger partial charge in [-0.2, -0.15) is 11.8 Å². The van der Waals surface area contributed by atoms with Crippen LogP contribution in [0.1, 0.15) is 18.9 Å². The van der Waals surface area contributed by atoms with Crippen LogP contribution in [-0.4, -0.2) is 47.9 Å². The zero-order valence-corrected chi connectivity index (χ0v) is 14.0. The van der Waals surface area contributed by atoms with Crippen molar-refractivity contribution in [1.29, 1.82) is 0 Å². The summed E-state index contributed by atoms with van der Waals surface area (Å²) in [5.74, 6) is -0.126. The molecular weight excluding hydrogens is 318 g/mol. The molecular formula is C16H23NO5S. The Morgan fingerprint density at radius 2 is 2.00 bits per heavy atom. The van der Waals surface area contributed by atoms with Gasteiger partial charge in [-0.1, -0.05) is 37.3 Å². The highest BCUT2D eigenvalue weighted by Gasteiger charge is 2.20. The van der Waals surface area contributed by atoms with Crippen LogP contribution in [-0.2, 0) is 20.9 Å². The van der Waals surface area contributed by atoms with Crippen LogP contribution in [0.5, 0.6) is 0 Å². The lowest BCUT2D eigenvalue weighted by Crippen LogP contribution is -2.42. The van der Waals surface area contributed by atoms with Crippen LogP contribution in [0.25, 0.3) is 0 Å². The van der Waals surface area contributed by atoms with Gasteiger partial charge in [-0.15, -0.1) is 0 Å². The Bertz CT molecular complexity index is 469. The SMILES string of the molecule is CCCOCCSCC(NC(=O)OCc1ccccc1)C(=O)O. The molecule has 0 aliphatic carbocycles. The van der Waals surface area contributed by atoms with Crippen LogP contribution in [0.15, 0.2) is 30.3 Å². The highest BCUT2D eigenvalue weighted by molar-refractivity contribution is 7.99. The van der Waals surface area contributed by atoms with Gasteiger partial charge >= 0.3 is 12.1 Å². The van der Waals surface area contributed by atoms with Crippen LogP contribution in [0.3, 0.4) is 0 Å². The van der Waals surface area contributed by atoms with Crippen molar-refractivity contribution in [2.75, 3.05) is 24.7 Å². The Morgan fingerprint density at radius 3 is 2.65 bits per heavy atom. The largest absolute Gasteiger partial charge is 0.480 e. The Labute approximate surface area is 140 Å². The lowest BCUT2D eigenvalue weighted by atomic mass is 10.2. The predicted molar refractivity (Wildman–Crippen MR) is 89.6 cm³/mol. The van der Waals surface area contributed by atoms with Crippen LogP contribution in [0.4, 0.5) is 4.79 Å². The fourth-order valence-electron chi connectivity index (χ4n) is 1.65. The van der Waals surface area contributed by atoms with Crippen molar-refractivity contribution in [2.45, 2.75) is 26.0 Å². The summed E-state index contributed by atoms with van der Waals surface area (Å²) in [5.41, 5.74) is 0.844. The molecule has 0 aliphatic rings. The number of benzene rings is 1. The van der Waals surface area contributed by atoms with Gasteiger partial charge in [0.25, 0.3) is 0 Å². The van der Waals surface area contributed by atoms with Crippen molar-refractivity contribution in [3.63, 3.8) is 0 Å². The molecule has 128 valence electrons. The number of hydrogen-bond acceptors (Lipinski definition) is 5. The van der Waals surface area contributed by atoms with Gasteiger partial charge in [-0.05, 0) is 12.0 Å². The standard InChI is InChI=1S/C16H23NO5S/c1-2-8-21-9-10-23-12-14(15(18)19)17-16(20)22-11-13-6-4-3-5-7-13/h3-7,14H,2,8-12H2,1H3,(H,17,20)(H,18,19). The summed E-state index contributed by atoms with van der Waals surface area (Å²) in [6.45, 7) is 3.41. The smallest absolute Gasteiger partial charge is 0.408 e. The molecule has 0 bridgehead atoms. The Balaban J connectivity index is 2.25. The average molecular weight is 341 g/mol. The maximum absolute atomic E-state index is 11.7. The minimum atomic E-state index is -1.08. The van der Waals surface area contributed by atoms with Gasteiger partial charge in [0.05, 0.1) is 6.61 Å². The first-order valence-electron chi connectivity index (χ1n) is 7.49. The van der Waals surface area contributed by atoms with E-state index in [4.69, 9.17) is 14.6 Å². The van der Waals surface area contributed by atoms with Gasteiger partial charge < -0.3 is 19.9 Å². The molecule has 1 aromatic rings. The molecule has 0 saturated carbocycles. The third kappa shape index (κ3) is 9.10. The van der Waals surface area contributed by atoms with E-state index in [1.807, 2.05) is 37.3 Å². The molecule has 2 N–H and O–H groups in total. The van der Waals surface area contributed by atoms with E-state index in [9.17, 15) is 9.59 Å². The number of carbonyl (C=O) groups is 2. The fraction of sp³-hybridized carbons (Fsp3) is 0.500. The van der Waals surface area contributed by atoms with E-state index in [0.717, 1.165) is 12.0 Å². The number of aliphatic carboxylic acids is 1. The first-order valence-corrected chi connectivity index (χ1v) is 8.64. The lowest BCUT2D eigenvalue weighted by molar-refractivity contribution is -0.138. The number of ether oxygens (including phenoxy) is 2. The summed E-state index contributed by atoms with van der Waals surface area (Å²) in [7, 11) is 0. The Morgan fingerprint density at radius 1 is 1.26 bits per heavy atom. The first kappa shape index (κ1) is 19.3. The van der Waals surface area contributed by atoms with E-state index in [0.29, 0.717) is 19.0 Å². The summed E-state index contributed by atoms with van der Waals surface area (Å²) in [5, 5.41) is 11.5. The monoisotopic (exact) mass is 341 g/mol. The molecule has 0 spiro atoms. The topological polar surface area (TPSA) is 84.9 Å². The van der Waals surface area contributed by atoms with Crippen molar-refractivity contribution < 1.29 is 24.2 Å². The minimum absolute atomic E-state index is 0.108. The van der Waals surface area contributed by atoms with Gasteiger partial charge in [0.1, 0.15) is 12.6 Å². The molecule has 1 atom stereocenters. The van der Waals surface area contributed by atoms with Gasteiger partial charge in [0.15, 0.2) is 0 Å². The average Bonchev–Trinajstić information content (AvgIpc) is 2.55. The van der Waals surface area contributed by atoms with E-state index in [2.05, 4.69) is 5.32 Å². The van der Waals surface area contributed by atoms with Gasteiger partial charge in [-0.25, -0.2) is 9.59 Å². The maximum Gasteiger partial charge on any atom is 0.408 e. The first-order chi connectivity index (χ1) is 11.1. The summed E-state index contributed by atoms with van der Waals surface area (Å²) >= 11 is 1.42. The van der Waals surface area contributed by atoms with E-state index >= 15 is 0 Å². The van der Waals surface area contributed by atoms with E-state index in [1.165, 1.54) is 11.8 Å². The molecule has 1 aromatic carbocycles. The van der Waals surface area contributed by atoms with Crippen LogP contribution < -0.4 is 5.32 Å². The molecule has 1 amide bonds. The van der Waals surface area contributed by atoms with E-state index in [-0.39, 0.29) is 12.4 Å². The van der Waals surface area contributed by atoms with Gasteiger partial charge in [0.2, 0.25) is 0 Å². The van der Waals surface area contributed by atoms with Crippen molar-refractivity contribution in [1.82, 2.24) is 5.32 Å². The van der Waals surface area contributed by atoms with Crippen LogP contribution >= 0.6 is 11.8 Å². The minimum Gasteiger partial charge on any atom is -0.480 e. The molecule has 1 rings (SSSR count). The zero-order valence-electron chi connectivity index (χ0n) is 13.2. The predicted octanol–water partition coefficient (Wildman–Crippen LogP) is 2.53. The van der Waals surface area contributed by atoms with Crippen molar-refractivity contribution in [2.24, 2.45) is 0 Å². The number of amides is 1. The molecule has 6 nitrogen and oxygen atoms in total. The molecule has 0 aromatic heterocycles. The summed E-state index contributed by atoms with van der Waals surface area (Å²) in [6, 6.07) is 8.23. The summed E-state index contributed by atoms with van der Waals surface area (Å²) in [4.78, 5) is 22.8. The third-order valence-corrected chi connectivity index (χ3v) is 3.83. The Hall–Kier alpha value is -1.73. The van der Waals surface area contributed by atoms with Gasteiger partial charge in [-0.3, -0.25) is 0 Å². The highest BCUT2D eigenvalue weighted by atomic mass is 32.2. The quantitative estimate of drug-likeness (QED) is 0.602. The molecule has 7 heteroatoms. The third-order valence-electron chi connectivity index (χ3n) is 2.81. The number of alkyl carbamates (subject to hydrolysis) is 1. The van der Waals surface area contributed by atoms with Crippen molar-refractivity contribution in [3.8, 4) is 0 Å². The van der Waals surface area contributed by atoms with Crippen LogP contribution in [0, 0.1) is 0 Å². The number of rotatable bonds is 11. The summed E-state index contributed by atoms with van der Waals surface area (Å²) in [6.07, 6.45) is 0.223. The molecule has 0 radical (unpaired) electrons. The number of carboxylic acids is 1. The Kier molecular flexibility index (Phi) is 9.90. The van der Waals surface area contributed by atoms with E-state index < -0.39 is 18.1 Å². The molecule has 0 heterocycles. The molecule has 0 saturated heterocycles. The summed E-state index contributed by atoms with van der Waals surface area (Å²) < 4.78 is 10.3. The molecule has 0 aliphatic heterocycles. The lowest BCUT2D eigenvalue weighted by Gasteiger charge is -2.14. The highest BCUT2D eigenvalue weighted by Crippen LogP contribution is 2.05. The van der Waals surface area contributed by atoms with Crippen molar-refractivity contribution in [3.05, 3.63) is 35.9 Å². The second-order valence-corrected chi connectivity index (χ2v) is 5.93. The van der Waals surface area contributed by atoms with E-state index in [1.54, 1.807) is 0 Å². The maximum atomic E-state index is 11.7. The number of nitrogens with one attached hydrogen (secondary N) is 1. The van der Waals surface area contributed by atoms with Gasteiger partial charge in [0, 0.05) is 18.1 Å². The second-order valence-electron chi connectivity index (χ2n) is 4.78. The number of thioether (sulfide) groups is 1. The number of hydrogen-bond donors (Lipinski definition) is 2. The second kappa shape index (κ2) is 11.8.